The molecular weight excluding hydrogens is 216 g/mol. The van der Waals surface area contributed by atoms with Crippen LogP contribution in [0.15, 0.2) is 24.3 Å². The summed E-state index contributed by atoms with van der Waals surface area (Å²) in [5.41, 5.74) is 6.54. The minimum absolute atomic E-state index is 0.134. The fourth-order valence-electron chi connectivity index (χ4n) is 1.55. The van der Waals surface area contributed by atoms with Crippen molar-refractivity contribution in [1.29, 1.82) is 0 Å². The van der Waals surface area contributed by atoms with Gasteiger partial charge in [0.25, 0.3) is 0 Å². The van der Waals surface area contributed by atoms with Crippen molar-refractivity contribution in [2.45, 2.75) is 26.3 Å². The first-order valence-corrected chi connectivity index (χ1v) is 5.79. The van der Waals surface area contributed by atoms with E-state index in [2.05, 4.69) is 0 Å². The van der Waals surface area contributed by atoms with Crippen molar-refractivity contribution >= 4 is 11.6 Å². The molecule has 0 saturated carbocycles. The van der Waals surface area contributed by atoms with Gasteiger partial charge in [0.1, 0.15) is 5.75 Å². The van der Waals surface area contributed by atoms with Crippen molar-refractivity contribution in [3.05, 3.63) is 24.3 Å². The summed E-state index contributed by atoms with van der Waals surface area (Å²) in [6, 6.07) is 6.06. The van der Waals surface area contributed by atoms with Crippen LogP contribution < -0.4 is 10.6 Å². The Hall–Kier alpha value is -1.55. The molecule has 0 fully saturated rings. The van der Waals surface area contributed by atoms with Crippen LogP contribution in [0.3, 0.4) is 0 Å². The van der Waals surface area contributed by atoms with E-state index in [-0.39, 0.29) is 17.6 Å². The third-order valence-electron chi connectivity index (χ3n) is 3.09. The molecule has 2 atom stereocenters. The Bertz CT molecular complexity index is 393. The van der Waals surface area contributed by atoms with Crippen LogP contribution in [0.5, 0.6) is 5.75 Å². The molecule has 1 rings (SSSR count). The number of phenolic OH excluding ortho intramolecular Hbond substituents is 1. The minimum Gasteiger partial charge on any atom is -0.508 e. The first kappa shape index (κ1) is 13.5. The second-order valence-electron chi connectivity index (χ2n) is 4.33. The topological polar surface area (TPSA) is 66.6 Å². The lowest BCUT2D eigenvalue weighted by Gasteiger charge is -2.24. The van der Waals surface area contributed by atoms with Crippen molar-refractivity contribution in [3.63, 3.8) is 0 Å². The molecule has 3 N–H and O–H groups in total. The number of anilines is 1. The summed E-state index contributed by atoms with van der Waals surface area (Å²) < 4.78 is 0. The molecule has 0 bridgehead atoms. The fraction of sp³-hybridized carbons (Fsp3) is 0.462. The van der Waals surface area contributed by atoms with Crippen LogP contribution in [-0.4, -0.2) is 24.1 Å². The molecule has 1 aromatic carbocycles. The van der Waals surface area contributed by atoms with E-state index in [9.17, 15) is 9.90 Å². The number of phenols is 1. The smallest absolute Gasteiger partial charge is 0.243 e. The molecule has 0 aromatic heterocycles. The summed E-state index contributed by atoms with van der Waals surface area (Å²) in [6.07, 6.45) is 0.862. The Morgan fingerprint density at radius 2 is 2.18 bits per heavy atom. The van der Waals surface area contributed by atoms with Gasteiger partial charge in [-0.25, -0.2) is 0 Å². The molecule has 0 heterocycles. The van der Waals surface area contributed by atoms with Crippen LogP contribution >= 0.6 is 0 Å². The maximum absolute atomic E-state index is 12.1. The van der Waals surface area contributed by atoms with Crippen molar-refractivity contribution in [2.75, 3.05) is 11.9 Å². The lowest BCUT2D eigenvalue weighted by molar-refractivity contribution is -0.120. The molecule has 0 radical (unpaired) electrons. The molecule has 2 unspecified atom stereocenters. The Balaban J connectivity index is 2.83. The number of benzene rings is 1. The molecule has 1 aromatic rings. The quantitative estimate of drug-likeness (QED) is 0.836. The highest BCUT2D eigenvalue weighted by molar-refractivity contribution is 5.96. The lowest BCUT2D eigenvalue weighted by Crippen LogP contribution is -2.45. The van der Waals surface area contributed by atoms with Gasteiger partial charge in [0.05, 0.1) is 6.04 Å². The molecule has 0 saturated heterocycles. The maximum Gasteiger partial charge on any atom is 0.243 e. The molecule has 0 aliphatic carbocycles. The van der Waals surface area contributed by atoms with Gasteiger partial charge >= 0.3 is 0 Å². The van der Waals surface area contributed by atoms with E-state index >= 15 is 0 Å². The summed E-state index contributed by atoms with van der Waals surface area (Å²) in [5.74, 6) is 0.145. The van der Waals surface area contributed by atoms with Crippen molar-refractivity contribution < 1.29 is 9.90 Å². The van der Waals surface area contributed by atoms with Gasteiger partial charge in [0, 0.05) is 18.8 Å². The van der Waals surface area contributed by atoms with Crippen LogP contribution in [-0.2, 0) is 4.79 Å². The van der Waals surface area contributed by atoms with Gasteiger partial charge in [-0.15, -0.1) is 0 Å². The molecule has 1 amide bonds. The van der Waals surface area contributed by atoms with Crippen LogP contribution in [0.2, 0.25) is 0 Å². The van der Waals surface area contributed by atoms with Gasteiger partial charge in [-0.1, -0.05) is 26.3 Å². The number of amides is 1. The zero-order valence-electron chi connectivity index (χ0n) is 10.6. The molecule has 4 nitrogen and oxygen atoms in total. The van der Waals surface area contributed by atoms with Gasteiger partial charge in [0.2, 0.25) is 5.91 Å². The fourth-order valence-corrected chi connectivity index (χ4v) is 1.55. The summed E-state index contributed by atoms with van der Waals surface area (Å²) in [7, 11) is 1.67. The number of nitrogens with zero attached hydrogens (tertiary/aromatic N) is 1. The molecule has 0 aliphatic rings. The largest absolute Gasteiger partial charge is 0.508 e. The molecule has 17 heavy (non-hydrogen) atoms. The van der Waals surface area contributed by atoms with Crippen LogP contribution in [0.25, 0.3) is 0 Å². The molecule has 0 spiro atoms. The number of nitrogens with two attached hydrogens (primary N) is 1. The van der Waals surface area contributed by atoms with Crippen molar-refractivity contribution in [2.24, 2.45) is 11.7 Å². The van der Waals surface area contributed by atoms with Gasteiger partial charge in [-0.3, -0.25) is 4.79 Å². The second kappa shape index (κ2) is 5.68. The number of carbonyl (C=O) groups is 1. The van der Waals surface area contributed by atoms with Crippen molar-refractivity contribution in [1.82, 2.24) is 0 Å². The van der Waals surface area contributed by atoms with Crippen LogP contribution in [0, 0.1) is 5.92 Å². The number of carbonyl (C=O) groups excluding carboxylic acids is 1. The standard InChI is InChI=1S/C13H20N2O2/c1-4-9(2)12(14)13(17)15(3)10-6-5-7-11(16)8-10/h5-9,12,16H,4,14H2,1-3H3. The number of likely N-dealkylation sites (N-methyl/N-ethyl adjacent to an activating group) is 1. The predicted molar refractivity (Wildman–Crippen MR) is 68.9 cm³/mol. The van der Waals surface area contributed by atoms with Crippen LogP contribution in [0.4, 0.5) is 5.69 Å². The van der Waals surface area contributed by atoms with E-state index in [1.165, 1.54) is 4.90 Å². The van der Waals surface area contributed by atoms with E-state index in [1.807, 2.05) is 13.8 Å². The number of hydrogen-bond donors (Lipinski definition) is 2. The average molecular weight is 236 g/mol. The van der Waals surface area contributed by atoms with Gasteiger partial charge in [-0.2, -0.15) is 0 Å². The van der Waals surface area contributed by atoms with Gasteiger partial charge in [-0.05, 0) is 18.1 Å². The van der Waals surface area contributed by atoms with E-state index in [0.29, 0.717) is 5.69 Å². The number of rotatable bonds is 4. The first-order valence-electron chi connectivity index (χ1n) is 5.79. The first-order chi connectivity index (χ1) is 7.97. The van der Waals surface area contributed by atoms with E-state index in [0.717, 1.165) is 6.42 Å². The number of aromatic hydroxyl groups is 1. The Morgan fingerprint density at radius 3 is 2.71 bits per heavy atom. The van der Waals surface area contributed by atoms with Gasteiger partial charge < -0.3 is 15.7 Å². The summed E-state index contributed by atoms with van der Waals surface area (Å²) in [5, 5.41) is 9.37. The average Bonchev–Trinajstić information content (AvgIpc) is 2.35. The van der Waals surface area contributed by atoms with Crippen molar-refractivity contribution in [3.8, 4) is 5.75 Å². The minimum atomic E-state index is -0.507. The van der Waals surface area contributed by atoms with E-state index in [4.69, 9.17) is 5.73 Å². The van der Waals surface area contributed by atoms with E-state index in [1.54, 1.807) is 31.3 Å². The lowest BCUT2D eigenvalue weighted by atomic mass is 9.99. The molecule has 94 valence electrons. The molecular formula is C13H20N2O2. The highest BCUT2D eigenvalue weighted by atomic mass is 16.3. The van der Waals surface area contributed by atoms with E-state index < -0.39 is 6.04 Å². The third-order valence-corrected chi connectivity index (χ3v) is 3.09. The SMILES string of the molecule is CCC(C)C(N)C(=O)N(C)c1cccc(O)c1. The highest BCUT2D eigenvalue weighted by Gasteiger charge is 2.23. The Morgan fingerprint density at radius 1 is 1.53 bits per heavy atom. The second-order valence-corrected chi connectivity index (χ2v) is 4.33. The maximum atomic E-state index is 12.1. The monoisotopic (exact) mass is 236 g/mol. The molecule has 0 aliphatic heterocycles. The Labute approximate surface area is 102 Å². The Kier molecular flexibility index (Phi) is 4.52. The van der Waals surface area contributed by atoms with Gasteiger partial charge in [0.15, 0.2) is 0 Å². The molecule has 4 heteroatoms. The van der Waals surface area contributed by atoms with Crippen LogP contribution in [0.1, 0.15) is 20.3 Å². The number of hydrogen-bond acceptors (Lipinski definition) is 3. The summed E-state index contributed by atoms with van der Waals surface area (Å²) in [4.78, 5) is 13.6. The zero-order chi connectivity index (χ0) is 13.0. The normalized spacial score (nSPS) is 14.1. The predicted octanol–water partition coefficient (Wildman–Crippen LogP) is 1.73. The zero-order valence-corrected chi connectivity index (χ0v) is 10.6. The summed E-state index contributed by atoms with van der Waals surface area (Å²) >= 11 is 0. The highest BCUT2D eigenvalue weighted by Crippen LogP contribution is 2.20. The summed E-state index contributed by atoms with van der Waals surface area (Å²) in [6.45, 7) is 3.96. The third kappa shape index (κ3) is 3.20.